The maximum Gasteiger partial charge on any atom is 0.255 e. The Hall–Kier alpha value is -2.74. The van der Waals surface area contributed by atoms with Crippen LogP contribution in [0.2, 0.25) is 0 Å². The van der Waals surface area contributed by atoms with Gasteiger partial charge in [-0.3, -0.25) is 9.69 Å². The summed E-state index contributed by atoms with van der Waals surface area (Å²) in [6.07, 6.45) is 0. The Morgan fingerprint density at radius 3 is 2.45 bits per heavy atom. The summed E-state index contributed by atoms with van der Waals surface area (Å²) in [6, 6.07) is 17.5. The molecule has 0 saturated carbocycles. The lowest BCUT2D eigenvalue weighted by atomic mass is 10.1. The first-order chi connectivity index (χ1) is 15.0. The predicted octanol–water partition coefficient (Wildman–Crippen LogP) is 4.33. The minimum absolute atomic E-state index is 0.109. The van der Waals surface area contributed by atoms with E-state index in [9.17, 15) is 4.79 Å². The van der Waals surface area contributed by atoms with E-state index in [4.69, 9.17) is 4.74 Å². The largest absolute Gasteiger partial charge is 0.379 e. The molecule has 1 N–H and O–H groups in total. The molecule has 1 saturated heterocycles. The van der Waals surface area contributed by atoms with Crippen LogP contribution in [0.25, 0.3) is 0 Å². The van der Waals surface area contributed by atoms with Crippen molar-refractivity contribution >= 4 is 23.4 Å². The number of rotatable bonds is 6. The van der Waals surface area contributed by atoms with Gasteiger partial charge in [-0.1, -0.05) is 12.1 Å². The first-order valence-corrected chi connectivity index (χ1v) is 11.2. The Kier molecular flexibility index (Phi) is 6.96. The maximum atomic E-state index is 12.7. The van der Waals surface area contributed by atoms with Gasteiger partial charge in [0.15, 0.2) is 5.16 Å². The summed E-state index contributed by atoms with van der Waals surface area (Å²) in [6.45, 7) is 8.15. The van der Waals surface area contributed by atoms with Crippen molar-refractivity contribution in [2.24, 2.45) is 0 Å². The van der Waals surface area contributed by atoms with E-state index in [2.05, 4.69) is 26.3 Å². The van der Waals surface area contributed by atoms with Crippen molar-refractivity contribution in [1.29, 1.82) is 0 Å². The Morgan fingerprint density at radius 1 is 1.03 bits per heavy atom. The Morgan fingerprint density at radius 2 is 1.74 bits per heavy atom. The van der Waals surface area contributed by atoms with Gasteiger partial charge in [0.1, 0.15) is 0 Å². The highest BCUT2D eigenvalue weighted by molar-refractivity contribution is 7.99. The fourth-order valence-electron chi connectivity index (χ4n) is 3.48. The van der Waals surface area contributed by atoms with Crippen LogP contribution < -0.4 is 5.32 Å². The number of aryl methyl sites for hydroxylation is 2. The molecule has 1 aromatic heterocycles. The number of ether oxygens (including phenoxy) is 1. The first-order valence-electron chi connectivity index (χ1n) is 10.4. The van der Waals surface area contributed by atoms with Crippen LogP contribution in [0.5, 0.6) is 0 Å². The molecule has 0 bridgehead atoms. The van der Waals surface area contributed by atoms with Crippen LogP contribution in [-0.4, -0.2) is 47.1 Å². The minimum Gasteiger partial charge on any atom is -0.379 e. The zero-order chi connectivity index (χ0) is 21.6. The third-order valence-electron chi connectivity index (χ3n) is 4.98. The fraction of sp³-hybridized carbons (Fsp3) is 0.292. The van der Waals surface area contributed by atoms with E-state index in [0.29, 0.717) is 5.56 Å². The molecule has 31 heavy (non-hydrogen) atoms. The number of hydrogen-bond acceptors (Lipinski definition) is 6. The second-order valence-electron chi connectivity index (χ2n) is 7.60. The number of carbonyl (C=O) groups excluding carboxylic acids is 1. The molecule has 1 amide bonds. The molecule has 0 spiro atoms. The highest BCUT2D eigenvalue weighted by atomic mass is 32.2. The Labute approximate surface area is 187 Å². The normalized spacial score (nSPS) is 14.4. The van der Waals surface area contributed by atoms with Crippen molar-refractivity contribution in [3.05, 3.63) is 77.1 Å². The lowest BCUT2D eigenvalue weighted by molar-refractivity contribution is 0.0342. The topological polar surface area (TPSA) is 67.4 Å². The van der Waals surface area contributed by atoms with Gasteiger partial charge in [0.2, 0.25) is 0 Å². The molecule has 3 aromatic rings. The monoisotopic (exact) mass is 434 g/mol. The van der Waals surface area contributed by atoms with E-state index in [1.807, 2.05) is 62.4 Å². The predicted molar refractivity (Wildman–Crippen MR) is 123 cm³/mol. The van der Waals surface area contributed by atoms with E-state index < -0.39 is 0 Å². The van der Waals surface area contributed by atoms with Crippen LogP contribution in [0.4, 0.5) is 5.69 Å². The van der Waals surface area contributed by atoms with Gasteiger partial charge in [-0.2, -0.15) is 0 Å². The third-order valence-corrected chi connectivity index (χ3v) is 5.86. The van der Waals surface area contributed by atoms with Crippen LogP contribution >= 0.6 is 11.8 Å². The lowest BCUT2D eigenvalue weighted by Gasteiger charge is -2.26. The summed E-state index contributed by atoms with van der Waals surface area (Å²) < 4.78 is 5.40. The zero-order valence-corrected chi connectivity index (χ0v) is 18.6. The number of hydrogen-bond donors (Lipinski definition) is 1. The molecule has 4 rings (SSSR count). The highest BCUT2D eigenvalue weighted by Crippen LogP contribution is 2.26. The van der Waals surface area contributed by atoms with Gasteiger partial charge in [0, 0.05) is 47.2 Å². The summed E-state index contributed by atoms with van der Waals surface area (Å²) in [5.74, 6) is -0.109. The molecular formula is C24H26N4O2S. The van der Waals surface area contributed by atoms with Crippen LogP contribution in [-0.2, 0) is 11.3 Å². The molecule has 160 valence electrons. The number of nitrogens with one attached hydrogen (secondary N) is 1. The lowest BCUT2D eigenvalue weighted by Crippen LogP contribution is -2.35. The zero-order valence-electron chi connectivity index (χ0n) is 17.8. The second kappa shape index (κ2) is 10.0. The van der Waals surface area contributed by atoms with Crippen molar-refractivity contribution in [1.82, 2.24) is 14.9 Å². The van der Waals surface area contributed by atoms with Crippen LogP contribution in [0.3, 0.4) is 0 Å². The Balaban J connectivity index is 1.37. The summed E-state index contributed by atoms with van der Waals surface area (Å²) >= 11 is 1.51. The molecule has 1 aliphatic heterocycles. The average molecular weight is 435 g/mol. The minimum atomic E-state index is -0.109. The SMILES string of the molecule is Cc1cc(C)nc(Sc2ccc(NC(=O)c3cccc(CN4CCOCC4)c3)cc2)n1. The van der Waals surface area contributed by atoms with Gasteiger partial charge in [-0.05, 0) is 73.6 Å². The van der Waals surface area contributed by atoms with Crippen molar-refractivity contribution in [2.45, 2.75) is 30.4 Å². The maximum absolute atomic E-state index is 12.7. The van der Waals surface area contributed by atoms with Gasteiger partial charge in [0.05, 0.1) is 13.2 Å². The van der Waals surface area contributed by atoms with Gasteiger partial charge >= 0.3 is 0 Å². The first kappa shape index (κ1) is 21.5. The number of morpholine rings is 1. The van der Waals surface area contributed by atoms with Crippen LogP contribution in [0.1, 0.15) is 27.3 Å². The molecule has 2 aromatic carbocycles. The van der Waals surface area contributed by atoms with Crippen molar-refractivity contribution in [2.75, 3.05) is 31.6 Å². The molecule has 1 aliphatic rings. The summed E-state index contributed by atoms with van der Waals surface area (Å²) in [4.78, 5) is 25.0. The molecular weight excluding hydrogens is 408 g/mol. The average Bonchev–Trinajstić information content (AvgIpc) is 2.75. The molecule has 0 aliphatic carbocycles. The standard InChI is InChI=1S/C24H26N4O2S/c1-17-14-18(2)26-24(25-17)31-22-8-6-21(7-9-22)27-23(29)20-5-3-4-19(15-20)16-28-10-12-30-13-11-28/h3-9,14-15H,10-13,16H2,1-2H3,(H,27,29). The number of nitrogens with zero attached hydrogens (tertiary/aromatic N) is 3. The quantitative estimate of drug-likeness (QED) is 0.583. The van der Waals surface area contributed by atoms with E-state index in [1.165, 1.54) is 11.8 Å². The van der Waals surface area contributed by atoms with Gasteiger partial charge in [-0.25, -0.2) is 9.97 Å². The van der Waals surface area contributed by atoms with Crippen LogP contribution in [0, 0.1) is 13.8 Å². The number of benzene rings is 2. The molecule has 6 nitrogen and oxygen atoms in total. The van der Waals surface area contributed by atoms with Crippen molar-refractivity contribution < 1.29 is 9.53 Å². The summed E-state index contributed by atoms with van der Waals surface area (Å²) in [5.41, 5.74) is 4.46. The number of carbonyl (C=O) groups is 1. The van der Waals surface area contributed by atoms with Crippen LogP contribution in [0.15, 0.2) is 64.6 Å². The van der Waals surface area contributed by atoms with E-state index in [-0.39, 0.29) is 5.91 Å². The molecule has 0 radical (unpaired) electrons. The molecule has 1 fully saturated rings. The van der Waals surface area contributed by atoms with E-state index in [1.54, 1.807) is 0 Å². The van der Waals surface area contributed by atoms with Gasteiger partial charge in [0.25, 0.3) is 5.91 Å². The van der Waals surface area contributed by atoms with Crippen molar-refractivity contribution in [3.63, 3.8) is 0 Å². The third kappa shape index (κ3) is 6.13. The molecule has 0 atom stereocenters. The number of amides is 1. The van der Waals surface area contributed by atoms with Gasteiger partial charge < -0.3 is 10.1 Å². The molecule has 0 unspecified atom stereocenters. The summed E-state index contributed by atoms with van der Waals surface area (Å²) in [7, 11) is 0. The van der Waals surface area contributed by atoms with Crippen molar-refractivity contribution in [3.8, 4) is 0 Å². The number of aromatic nitrogens is 2. The summed E-state index contributed by atoms with van der Waals surface area (Å²) in [5, 5.41) is 3.71. The smallest absolute Gasteiger partial charge is 0.255 e. The van der Waals surface area contributed by atoms with E-state index in [0.717, 1.165) is 65.5 Å². The highest BCUT2D eigenvalue weighted by Gasteiger charge is 2.12. The molecule has 7 heteroatoms. The van der Waals surface area contributed by atoms with Gasteiger partial charge in [-0.15, -0.1) is 0 Å². The second-order valence-corrected chi connectivity index (χ2v) is 8.64. The van der Waals surface area contributed by atoms with E-state index >= 15 is 0 Å². The Bertz CT molecular complexity index is 1030. The molecule has 2 heterocycles. The number of anilines is 1. The fourth-order valence-corrected chi connectivity index (χ4v) is 4.34.